The van der Waals surface area contributed by atoms with Gasteiger partial charge in [-0.05, 0) is 12.5 Å². The molecule has 20 heavy (non-hydrogen) atoms. The Morgan fingerprint density at radius 1 is 1.30 bits per heavy atom. The summed E-state index contributed by atoms with van der Waals surface area (Å²) in [5, 5.41) is 2.14. The molecule has 1 atom stereocenters. The van der Waals surface area contributed by atoms with Crippen LogP contribution in [-0.2, 0) is 9.53 Å². The standard InChI is InChI=1S/C13H15F4NO2/c1-2-20-11(19)10(9-6-4-3-5-7-9)18-8-13(16,17)12(14)15/h3-7,10,12,18H,2,8H2,1H3. The van der Waals surface area contributed by atoms with E-state index in [1.54, 1.807) is 25.1 Å². The quantitative estimate of drug-likeness (QED) is 0.620. The van der Waals surface area contributed by atoms with E-state index in [0.717, 1.165) is 0 Å². The van der Waals surface area contributed by atoms with Crippen molar-refractivity contribution >= 4 is 5.97 Å². The molecule has 0 radical (unpaired) electrons. The lowest BCUT2D eigenvalue weighted by Gasteiger charge is -2.21. The highest BCUT2D eigenvalue weighted by atomic mass is 19.3. The lowest BCUT2D eigenvalue weighted by molar-refractivity contribution is -0.148. The maximum Gasteiger partial charge on any atom is 0.327 e. The van der Waals surface area contributed by atoms with Gasteiger partial charge in [0.15, 0.2) is 0 Å². The SMILES string of the molecule is CCOC(=O)C(NCC(F)(F)C(F)F)c1ccccc1. The van der Waals surface area contributed by atoms with Crippen LogP contribution in [0.2, 0.25) is 0 Å². The Balaban J connectivity index is 2.82. The third-order valence-corrected chi connectivity index (χ3v) is 2.52. The number of carbonyl (C=O) groups excluding carboxylic acids is 1. The van der Waals surface area contributed by atoms with Gasteiger partial charge >= 0.3 is 18.3 Å². The Hall–Kier alpha value is -1.63. The average molecular weight is 293 g/mol. The minimum Gasteiger partial charge on any atom is -0.465 e. The zero-order chi connectivity index (χ0) is 15.2. The van der Waals surface area contributed by atoms with Crippen LogP contribution < -0.4 is 5.32 Å². The monoisotopic (exact) mass is 293 g/mol. The van der Waals surface area contributed by atoms with Crippen molar-refractivity contribution in [2.24, 2.45) is 0 Å². The normalized spacial score (nSPS) is 13.3. The summed E-state index contributed by atoms with van der Waals surface area (Å²) in [6.07, 6.45) is -3.80. The van der Waals surface area contributed by atoms with Crippen LogP contribution in [0.1, 0.15) is 18.5 Å². The summed E-state index contributed by atoms with van der Waals surface area (Å²) >= 11 is 0. The Kier molecular flexibility index (Phi) is 5.94. The van der Waals surface area contributed by atoms with Gasteiger partial charge in [-0.2, -0.15) is 8.78 Å². The van der Waals surface area contributed by atoms with E-state index in [2.05, 4.69) is 5.32 Å². The molecular weight excluding hydrogens is 278 g/mol. The first-order valence-corrected chi connectivity index (χ1v) is 5.99. The first-order valence-electron chi connectivity index (χ1n) is 5.99. The lowest BCUT2D eigenvalue weighted by atomic mass is 10.1. The van der Waals surface area contributed by atoms with Gasteiger partial charge in [-0.3, -0.25) is 5.32 Å². The molecule has 0 saturated carbocycles. The number of hydrogen-bond acceptors (Lipinski definition) is 3. The molecule has 0 aliphatic carbocycles. The molecule has 1 aromatic carbocycles. The Labute approximate surface area is 113 Å². The number of halogens is 4. The van der Waals surface area contributed by atoms with E-state index in [4.69, 9.17) is 4.74 Å². The van der Waals surface area contributed by atoms with Gasteiger partial charge in [-0.15, -0.1) is 0 Å². The maximum atomic E-state index is 12.9. The maximum absolute atomic E-state index is 12.9. The molecule has 7 heteroatoms. The van der Waals surface area contributed by atoms with E-state index in [9.17, 15) is 22.4 Å². The van der Waals surface area contributed by atoms with Gasteiger partial charge in [0.05, 0.1) is 13.2 Å². The zero-order valence-electron chi connectivity index (χ0n) is 10.8. The van der Waals surface area contributed by atoms with Crippen LogP contribution >= 0.6 is 0 Å². The van der Waals surface area contributed by atoms with Crippen LogP contribution in [0, 0.1) is 0 Å². The molecule has 1 aromatic rings. The number of ether oxygens (including phenoxy) is 1. The molecule has 0 amide bonds. The van der Waals surface area contributed by atoms with Crippen molar-refractivity contribution in [1.29, 1.82) is 0 Å². The molecule has 0 aromatic heterocycles. The van der Waals surface area contributed by atoms with Crippen molar-refractivity contribution in [3.8, 4) is 0 Å². The largest absolute Gasteiger partial charge is 0.465 e. The number of benzene rings is 1. The molecule has 0 aliphatic heterocycles. The number of rotatable bonds is 7. The highest BCUT2D eigenvalue weighted by Gasteiger charge is 2.41. The number of nitrogens with one attached hydrogen (secondary N) is 1. The van der Waals surface area contributed by atoms with Crippen molar-refractivity contribution in [3.05, 3.63) is 35.9 Å². The second-order valence-corrected chi connectivity index (χ2v) is 4.04. The van der Waals surface area contributed by atoms with Crippen LogP contribution in [0.3, 0.4) is 0 Å². The van der Waals surface area contributed by atoms with E-state index in [-0.39, 0.29) is 6.61 Å². The van der Waals surface area contributed by atoms with Gasteiger partial charge < -0.3 is 4.74 Å². The zero-order valence-corrected chi connectivity index (χ0v) is 10.8. The molecule has 112 valence electrons. The summed E-state index contributed by atoms with van der Waals surface area (Å²) < 4.78 is 54.8. The van der Waals surface area contributed by atoms with Crippen molar-refractivity contribution in [3.63, 3.8) is 0 Å². The Morgan fingerprint density at radius 3 is 2.40 bits per heavy atom. The molecule has 1 rings (SSSR count). The fraction of sp³-hybridized carbons (Fsp3) is 0.462. The summed E-state index contributed by atoms with van der Waals surface area (Å²) in [5.74, 6) is -5.00. The fourth-order valence-corrected chi connectivity index (χ4v) is 1.52. The fourth-order valence-electron chi connectivity index (χ4n) is 1.52. The second kappa shape index (κ2) is 7.23. The topological polar surface area (TPSA) is 38.3 Å². The van der Waals surface area contributed by atoms with Crippen molar-refractivity contribution in [2.75, 3.05) is 13.2 Å². The van der Waals surface area contributed by atoms with Crippen molar-refractivity contribution in [1.82, 2.24) is 5.32 Å². The molecule has 0 spiro atoms. The van der Waals surface area contributed by atoms with Crippen molar-refractivity contribution < 1.29 is 27.1 Å². The minimum atomic E-state index is -4.21. The smallest absolute Gasteiger partial charge is 0.327 e. The van der Waals surface area contributed by atoms with Gasteiger partial charge in [-0.1, -0.05) is 30.3 Å². The molecule has 0 aliphatic rings. The Bertz CT molecular complexity index is 426. The minimum absolute atomic E-state index is 0.0646. The average Bonchev–Trinajstić information content (AvgIpc) is 2.40. The summed E-state index contributed by atoms with van der Waals surface area (Å²) in [4.78, 5) is 11.7. The summed E-state index contributed by atoms with van der Waals surface area (Å²) in [5.41, 5.74) is 0.371. The third kappa shape index (κ3) is 4.48. The van der Waals surface area contributed by atoms with Gasteiger partial charge in [0.2, 0.25) is 0 Å². The van der Waals surface area contributed by atoms with Crippen LogP contribution in [-0.4, -0.2) is 31.5 Å². The van der Waals surface area contributed by atoms with Gasteiger partial charge in [-0.25, -0.2) is 13.6 Å². The van der Waals surface area contributed by atoms with Crippen LogP contribution in [0.15, 0.2) is 30.3 Å². The molecular formula is C13H15F4NO2. The molecule has 1 N–H and O–H groups in total. The molecule has 0 saturated heterocycles. The number of esters is 1. The van der Waals surface area contributed by atoms with E-state index in [1.807, 2.05) is 0 Å². The molecule has 0 heterocycles. The van der Waals surface area contributed by atoms with E-state index in [1.165, 1.54) is 12.1 Å². The summed E-state index contributed by atoms with van der Waals surface area (Å²) in [6.45, 7) is 0.311. The number of alkyl halides is 4. The van der Waals surface area contributed by atoms with Crippen LogP contribution in [0.25, 0.3) is 0 Å². The van der Waals surface area contributed by atoms with Gasteiger partial charge in [0, 0.05) is 0 Å². The number of hydrogen-bond donors (Lipinski definition) is 1. The van der Waals surface area contributed by atoms with Crippen LogP contribution in [0.5, 0.6) is 0 Å². The van der Waals surface area contributed by atoms with E-state index in [0.29, 0.717) is 5.56 Å². The highest BCUT2D eigenvalue weighted by Crippen LogP contribution is 2.23. The molecule has 0 bridgehead atoms. The molecule has 1 unspecified atom stereocenters. The predicted octanol–water partition coefficient (Wildman–Crippen LogP) is 2.78. The third-order valence-electron chi connectivity index (χ3n) is 2.52. The highest BCUT2D eigenvalue weighted by molar-refractivity contribution is 5.77. The van der Waals surface area contributed by atoms with Crippen molar-refractivity contribution in [2.45, 2.75) is 25.3 Å². The van der Waals surface area contributed by atoms with E-state index >= 15 is 0 Å². The first kappa shape index (κ1) is 16.4. The second-order valence-electron chi connectivity index (χ2n) is 4.04. The number of carbonyl (C=O) groups is 1. The predicted molar refractivity (Wildman–Crippen MR) is 64.8 cm³/mol. The molecule has 3 nitrogen and oxygen atoms in total. The van der Waals surface area contributed by atoms with Gasteiger partial charge in [0.25, 0.3) is 0 Å². The Morgan fingerprint density at radius 2 is 1.90 bits per heavy atom. The first-order chi connectivity index (χ1) is 9.38. The van der Waals surface area contributed by atoms with Gasteiger partial charge in [0.1, 0.15) is 6.04 Å². The van der Waals surface area contributed by atoms with E-state index < -0.39 is 30.9 Å². The van der Waals surface area contributed by atoms with Crippen LogP contribution in [0.4, 0.5) is 17.6 Å². The lowest BCUT2D eigenvalue weighted by Crippen LogP contribution is -2.42. The summed E-state index contributed by atoms with van der Waals surface area (Å²) in [7, 11) is 0. The summed E-state index contributed by atoms with van der Waals surface area (Å²) in [6, 6.07) is 6.73. The molecule has 0 fully saturated rings.